The fourth-order valence-electron chi connectivity index (χ4n) is 3.68. The number of aliphatic hydroxyl groups excluding tert-OH is 1. The average molecular weight is 381 g/mol. The van der Waals surface area contributed by atoms with Gasteiger partial charge in [0.1, 0.15) is 5.75 Å². The van der Waals surface area contributed by atoms with E-state index in [1.807, 2.05) is 16.8 Å². The van der Waals surface area contributed by atoms with Crippen molar-refractivity contribution in [3.63, 3.8) is 0 Å². The van der Waals surface area contributed by atoms with Crippen LogP contribution in [-0.4, -0.2) is 60.6 Å². The Balaban J connectivity index is 1.38. The fraction of sp³-hybridized carbons (Fsp3) is 0.350. The molecule has 4 rings (SSSR count). The summed E-state index contributed by atoms with van der Waals surface area (Å²) in [7, 11) is 0. The van der Waals surface area contributed by atoms with Gasteiger partial charge in [-0.25, -0.2) is 4.98 Å². The number of nitrogens with zero attached hydrogens (tertiary/aromatic N) is 4. The molecule has 1 saturated heterocycles. The molecule has 1 amide bonds. The predicted molar refractivity (Wildman–Crippen MR) is 103 cm³/mol. The number of likely N-dealkylation sites (tertiary alicyclic amines) is 1. The molecule has 8 nitrogen and oxygen atoms in total. The van der Waals surface area contributed by atoms with Crippen LogP contribution in [0.25, 0.3) is 5.65 Å². The quantitative estimate of drug-likeness (QED) is 0.588. The monoisotopic (exact) mass is 381 g/mol. The van der Waals surface area contributed by atoms with Crippen molar-refractivity contribution >= 4 is 11.6 Å². The number of imidazole rings is 1. The Kier molecular flexibility index (Phi) is 4.97. The van der Waals surface area contributed by atoms with Crippen molar-refractivity contribution in [2.75, 3.05) is 13.1 Å². The number of phenolic OH excluding ortho intramolecular Hbond substituents is 1. The molecule has 0 aliphatic carbocycles. The number of benzene rings is 1. The summed E-state index contributed by atoms with van der Waals surface area (Å²) < 4.78 is 1.89. The van der Waals surface area contributed by atoms with Gasteiger partial charge in [0.2, 0.25) is 5.91 Å². The van der Waals surface area contributed by atoms with Gasteiger partial charge in [-0.2, -0.15) is 0 Å². The SMILES string of the molecule is N[C@@H](Cc1ccc(O)cc1)C(=O)N1C[C@H](Cc2cn3ccnc3cn2)[C@H](O)C1. The largest absolute Gasteiger partial charge is 0.508 e. The zero-order valence-corrected chi connectivity index (χ0v) is 15.3. The molecule has 0 unspecified atom stereocenters. The van der Waals surface area contributed by atoms with Crippen LogP contribution in [-0.2, 0) is 17.6 Å². The Hall–Kier alpha value is -2.97. The van der Waals surface area contributed by atoms with E-state index in [2.05, 4.69) is 9.97 Å². The van der Waals surface area contributed by atoms with Crippen molar-refractivity contribution < 1.29 is 15.0 Å². The Morgan fingerprint density at radius 1 is 1.25 bits per heavy atom. The van der Waals surface area contributed by atoms with Gasteiger partial charge in [-0.3, -0.25) is 9.78 Å². The standard InChI is InChI=1S/C20H23N5O3/c21-17(7-13-1-3-16(26)4-2-13)20(28)25-10-14(18(27)12-25)8-15-11-24-6-5-22-19(24)9-23-15/h1-6,9,11,14,17-18,26-27H,7-8,10,12,21H2/t14-,17-,18+/m0/s1. The molecule has 0 bridgehead atoms. The molecule has 8 heteroatoms. The maximum absolute atomic E-state index is 12.7. The molecule has 1 aliphatic rings. The number of fused-ring (bicyclic) bond motifs is 1. The summed E-state index contributed by atoms with van der Waals surface area (Å²) in [4.78, 5) is 22.9. The molecule has 4 N–H and O–H groups in total. The van der Waals surface area contributed by atoms with E-state index in [-0.39, 0.29) is 24.1 Å². The number of aromatic hydroxyl groups is 1. The molecule has 3 atom stereocenters. The number of hydrogen-bond donors (Lipinski definition) is 3. The minimum absolute atomic E-state index is 0.0849. The van der Waals surface area contributed by atoms with Crippen LogP contribution in [0.5, 0.6) is 5.75 Å². The number of carbonyl (C=O) groups excluding carboxylic acids is 1. The topological polar surface area (TPSA) is 117 Å². The molecular formula is C20H23N5O3. The van der Waals surface area contributed by atoms with Gasteiger partial charge in [0.05, 0.1) is 24.0 Å². The highest BCUT2D eigenvalue weighted by Gasteiger charge is 2.36. The van der Waals surface area contributed by atoms with Crippen LogP contribution in [0.3, 0.4) is 0 Å². The highest BCUT2D eigenvalue weighted by atomic mass is 16.3. The minimum atomic E-state index is -0.684. The lowest BCUT2D eigenvalue weighted by Crippen LogP contribution is -2.44. The molecule has 2 aromatic heterocycles. The van der Waals surface area contributed by atoms with E-state index in [0.717, 1.165) is 16.9 Å². The Labute approximate surface area is 162 Å². The van der Waals surface area contributed by atoms with Crippen molar-refractivity contribution in [3.05, 3.63) is 60.3 Å². The number of phenols is 1. The van der Waals surface area contributed by atoms with Gasteiger partial charge in [-0.05, 0) is 30.5 Å². The van der Waals surface area contributed by atoms with E-state index < -0.39 is 12.1 Å². The van der Waals surface area contributed by atoms with Gasteiger partial charge in [-0.15, -0.1) is 0 Å². The number of nitrogens with two attached hydrogens (primary N) is 1. The number of carbonyl (C=O) groups is 1. The number of aliphatic hydroxyl groups is 1. The lowest BCUT2D eigenvalue weighted by atomic mass is 10.0. The number of amides is 1. The minimum Gasteiger partial charge on any atom is -0.508 e. The summed E-state index contributed by atoms with van der Waals surface area (Å²) in [5.74, 6) is -0.0809. The third-order valence-electron chi connectivity index (χ3n) is 5.23. The van der Waals surface area contributed by atoms with Gasteiger partial charge in [-0.1, -0.05) is 12.1 Å². The number of rotatable bonds is 5. The van der Waals surface area contributed by atoms with Crippen LogP contribution in [0.2, 0.25) is 0 Å². The first-order valence-corrected chi connectivity index (χ1v) is 9.27. The van der Waals surface area contributed by atoms with E-state index in [0.29, 0.717) is 19.4 Å². The van der Waals surface area contributed by atoms with E-state index >= 15 is 0 Å². The molecule has 0 radical (unpaired) electrons. The zero-order chi connectivity index (χ0) is 19.7. The first-order chi connectivity index (χ1) is 13.5. The highest BCUT2D eigenvalue weighted by Crippen LogP contribution is 2.22. The Morgan fingerprint density at radius 3 is 2.82 bits per heavy atom. The van der Waals surface area contributed by atoms with Gasteiger partial charge >= 0.3 is 0 Å². The molecule has 0 spiro atoms. The fourth-order valence-corrected chi connectivity index (χ4v) is 3.68. The van der Waals surface area contributed by atoms with Crippen LogP contribution in [0.1, 0.15) is 11.3 Å². The smallest absolute Gasteiger partial charge is 0.239 e. The third-order valence-corrected chi connectivity index (χ3v) is 5.23. The number of hydrogen-bond acceptors (Lipinski definition) is 6. The van der Waals surface area contributed by atoms with Crippen molar-refractivity contribution in [2.24, 2.45) is 11.7 Å². The predicted octanol–water partition coefficient (Wildman–Crippen LogP) is 0.367. The third kappa shape index (κ3) is 3.83. The lowest BCUT2D eigenvalue weighted by molar-refractivity contribution is -0.131. The van der Waals surface area contributed by atoms with E-state index in [4.69, 9.17) is 5.73 Å². The van der Waals surface area contributed by atoms with Crippen LogP contribution < -0.4 is 5.73 Å². The van der Waals surface area contributed by atoms with Crippen LogP contribution in [0.15, 0.2) is 49.1 Å². The van der Waals surface area contributed by atoms with E-state index in [1.165, 1.54) is 0 Å². The number of aromatic nitrogens is 3. The summed E-state index contributed by atoms with van der Waals surface area (Å²) in [5, 5.41) is 19.8. The van der Waals surface area contributed by atoms with Gasteiger partial charge in [0.15, 0.2) is 5.65 Å². The van der Waals surface area contributed by atoms with Crippen LogP contribution >= 0.6 is 0 Å². The molecule has 3 aromatic rings. The van der Waals surface area contributed by atoms with Gasteiger partial charge in [0, 0.05) is 37.6 Å². The first-order valence-electron chi connectivity index (χ1n) is 9.27. The molecule has 1 fully saturated rings. The molecule has 3 heterocycles. The molecule has 0 saturated carbocycles. The summed E-state index contributed by atoms with van der Waals surface area (Å²) in [6.45, 7) is 0.729. The molecule has 1 aromatic carbocycles. The van der Waals surface area contributed by atoms with Crippen molar-refractivity contribution in [1.29, 1.82) is 0 Å². The van der Waals surface area contributed by atoms with Crippen molar-refractivity contribution in [2.45, 2.75) is 25.0 Å². The second-order valence-corrected chi connectivity index (χ2v) is 7.32. The molecule has 1 aliphatic heterocycles. The summed E-state index contributed by atoms with van der Waals surface area (Å²) >= 11 is 0. The summed E-state index contributed by atoms with van der Waals surface area (Å²) in [6, 6.07) is 5.97. The highest BCUT2D eigenvalue weighted by molar-refractivity contribution is 5.82. The van der Waals surface area contributed by atoms with Crippen LogP contribution in [0, 0.1) is 5.92 Å². The molecule has 28 heavy (non-hydrogen) atoms. The van der Waals surface area contributed by atoms with Gasteiger partial charge < -0.3 is 25.2 Å². The summed E-state index contributed by atoms with van der Waals surface area (Å²) in [6.07, 6.45) is 7.51. The van der Waals surface area contributed by atoms with E-state index in [9.17, 15) is 15.0 Å². The molecule has 146 valence electrons. The zero-order valence-electron chi connectivity index (χ0n) is 15.3. The van der Waals surface area contributed by atoms with Crippen LogP contribution in [0.4, 0.5) is 0 Å². The second-order valence-electron chi connectivity index (χ2n) is 7.32. The van der Waals surface area contributed by atoms with Crippen molar-refractivity contribution in [3.8, 4) is 5.75 Å². The van der Waals surface area contributed by atoms with Gasteiger partial charge in [0.25, 0.3) is 0 Å². The normalized spacial score (nSPS) is 20.6. The Bertz CT molecular complexity index is 971. The maximum Gasteiger partial charge on any atom is 0.239 e. The number of β-amino-alcohol motifs (C(OH)–C–C–N with tert-alkyl or cyclic N) is 1. The van der Waals surface area contributed by atoms with Crippen molar-refractivity contribution in [1.82, 2.24) is 19.3 Å². The Morgan fingerprint density at radius 2 is 2.04 bits per heavy atom. The average Bonchev–Trinajstić information content (AvgIpc) is 3.29. The summed E-state index contributed by atoms with van der Waals surface area (Å²) in [5.41, 5.74) is 8.60. The van der Waals surface area contributed by atoms with E-state index in [1.54, 1.807) is 41.6 Å². The maximum atomic E-state index is 12.7. The second kappa shape index (κ2) is 7.57. The molecular weight excluding hydrogens is 358 g/mol. The first kappa shape index (κ1) is 18.4. The lowest BCUT2D eigenvalue weighted by Gasteiger charge is -2.21.